The molecule has 9 nitrogen and oxygen atoms in total. The van der Waals surface area contributed by atoms with Crippen molar-refractivity contribution in [3.63, 3.8) is 0 Å². The second-order valence-corrected chi connectivity index (χ2v) is 4.97. The summed E-state index contributed by atoms with van der Waals surface area (Å²) in [5.41, 5.74) is -0.571. The van der Waals surface area contributed by atoms with E-state index < -0.39 is 28.5 Å². The number of carbonyl (C=O) groups is 3. The van der Waals surface area contributed by atoms with E-state index in [2.05, 4.69) is 14.8 Å². The molecule has 0 aliphatic carbocycles. The number of nitrogens with zero attached hydrogens (tertiary/aromatic N) is 1. The quantitative estimate of drug-likeness (QED) is 0.494. The highest BCUT2D eigenvalue weighted by Crippen LogP contribution is 2.23. The molecule has 0 aliphatic heterocycles. The lowest BCUT2D eigenvalue weighted by molar-refractivity contribution is -0.385. The molecule has 0 aliphatic rings. The summed E-state index contributed by atoms with van der Waals surface area (Å²) >= 11 is 0. The molecule has 0 aromatic heterocycles. The summed E-state index contributed by atoms with van der Waals surface area (Å²) in [4.78, 5) is 46.4. The maximum absolute atomic E-state index is 12.5. The number of rotatable bonds is 5. The van der Waals surface area contributed by atoms with E-state index >= 15 is 0 Å². The maximum Gasteiger partial charge on any atom is 0.339 e. The van der Waals surface area contributed by atoms with Crippen molar-refractivity contribution >= 4 is 29.2 Å². The minimum atomic E-state index is -0.815. The van der Waals surface area contributed by atoms with Gasteiger partial charge in [-0.25, -0.2) is 9.59 Å². The van der Waals surface area contributed by atoms with Crippen LogP contribution in [-0.2, 0) is 9.47 Å². The van der Waals surface area contributed by atoms with E-state index in [0.29, 0.717) is 0 Å². The van der Waals surface area contributed by atoms with Crippen LogP contribution in [0, 0.1) is 10.1 Å². The number of benzene rings is 2. The van der Waals surface area contributed by atoms with Gasteiger partial charge in [0.1, 0.15) is 5.56 Å². The Morgan fingerprint density at radius 3 is 2.23 bits per heavy atom. The number of hydrogen-bond acceptors (Lipinski definition) is 7. The maximum atomic E-state index is 12.5. The van der Waals surface area contributed by atoms with E-state index in [1.165, 1.54) is 49.6 Å². The van der Waals surface area contributed by atoms with Gasteiger partial charge in [-0.15, -0.1) is 0 Å². The first-order valence-corrected chi connectivity index (χ1v) is 7.24. The lowest BCUT2D eigenvalue weighted by Gasteiger charge is -2.11. The predicted octanol–water partition coefficient (Wildman–Crippen LogP) is 2.42. The van der Waals surface area contributed by atoms with Crippen LogP contribution in [0.4, 0.5) is 11.4 Å². The van der Waals surface area contributed by atoms with E-state index in [1.54, 1.807) is 0 Å². The topological polar surface area (TPSA) is 125 Å². The number of para-hydroxylation sites is 1. The summed E-state index contributed by atoms with van der Waals surface area (Å²) in [7, 11) is 2.34. The standard InChI is InChI=1S/C17H14N2O7/c1-25-16(21)10-7-8-11(17(22)26-2)13(9-10)18-15(20)12-5-3-4-6-14(12)19(23)24/h3-9H,1-2H3,(H,18,20). The Morgan fingerprint density at radius 1 is 0.962 bits per heavy atom. The van der Waals surface area contributed by atoms with Crippen LogP contribution in [-0.4, -0.2) is 37.0 Å². The molecule has 2 aromatic carbocycles. The number of amides is 1. The number of nitro benzene ring substituents is 1. The number of esters is 2. The van der Waals surface area contributed by atoms with Crippen molar-refractivity contribution in [3.05, 3.63) is 69.3 Å². The van der Waals surface area contributed by atoms with Crippen LogP contribution < -0.4 is 5.32 Å². The molecule has 0 bridgehead atoms. The largest absolute Gasteiger partial charge is 0.465 e. The van der Waals surface area contributed by atoms with Crippen LogP contribution in [0.2, 0.25) is 0 Å². The third kappa shape index (κ3) is 3.83. The number of ether oxygens (including phenoxy) is 2. The molecule has 134 valence electrons. The summed E-state index contributed by atoms with van der Waals surface area (Å²) in [5.74, 6) is -2.24. The zero-order valence-electron chi connectivity index (χ0n) is 13.8. The van der Waals surface area contributed by atoms with E-state index in [1.807, 2.05) is 0 Å². The van der Waals surface area contributed by atoms with Gasteiger partial charge in [0.2, 0.25) is 0 Å². The number of nitro groups is 1. The van der Waals surface area contributed by atoms with Gasteiger partial charge in [0, 0.05) is 6.07 Å². The van der Waals surface area contributed by atoms with Gasteiger partial charge < -0.3 is 14.8 Å². The molecule has 2 rings (SSSR count). The van der Waals surface area contributed by atoms with Gasteiger partial charge in [0.25, 0.3) is 11.6 Å². The lowest BCUT2D eigenvalue weighted by atomic mass is 10.1. The minimum Gasteiger partial charge on any atom is -0.465 e. The number of hydrogen-bond donors (Lipinski definition) is 1. The van der Waals surface area contributed by atoms with Crippen molar-refractivity contribution < 1.29 is 28.8 Å². The summed E-state index contributed by atoms with van der Waals surface area (Å²) in [6, 6.07) is 9.19. The van der Waals surface area contributed by atoms with Gasteiger partial charge >= 0.3 is 11.9 Å². The fraction of sp³-hybridized carbons (Fsp3) is 0.118. The first-order valence-electron chi connectivity index (χ1n) is 7.24. The van der Waals surface area contributed by atoms with Gasteiger partial charge in [-0.2, -0.15) is 0 Å². The first-order chi connectivity index (χ1) is 12.4. The summed E-state index contributed by atoms with van der Waals surface area (Å²) in [5, 5.41) is 13.5. The number of anilines is 1. The van der Waals surface area contributed by atoms with Crippen molar-refractivity contribution in [2.45, 2.75) is 0 Å². The molecule has 1 N–H and O–H groups in total. The molecule has 1 amide bonds. The average molecular weight is 358 g/mol. The lowest BCUT2D eigenvalue weighted by Crippen LogP contribution is -2.17. The molecule has 0 fully saturated rings. The van der Waals surface area contributed by atoms with Crippen molar-refractivity contribution in [1.29, 1.82) is 0 Å². The van der Waals surface area contributed by atoms with E-state index in [0.717, 1.165) is 7.11 Å². The van der Waals surface area contributed by atoms with Crippen molar-refractivity contribution in [3.8, 4) is 0 Å². The monoisotopic (exact) mass is 358 g/mol. The van der Waals surface area contributed by atoms with Crippen LogP contribution in [0.5, 0.6) is 0 Å². The second kappa shape index (κ2) is 7.88. The minimum absolute atomic E-state index is 0.0212. The highest BCUT2D eigenvalue weighted by molar-refractivity contribution is 6.10. The molecule has 0 spiro atoms. The van der Waals surface area contributed by atoms with Crippen LogP contribution in [0.15, 0.2) is 42.5 Å². The number of carbonyl (C=O) groups excluding carboxylic acids is 3. The SMILES string of the molecule is COC(=O)c1ccc(C(=O)OC)c(NC(=O)c2ccccc2[N+](=O)[O-])c1. The van der Waals surface area contributed by atoms with E-state index in [-0.39, 0.29) is 22.4 Å². The molecular weight excluding hydrogens is 344 g/mol. The number of methoxy groups -OCH3 is 2. The Kier molecular flexibility index (Phi) is 5.63. The van der Waals surface area contributed by atoms with Gasteiger partial charge in [-0.05, 0) is 24.3 Å². The smallest absolute Gasteiger partial charge is 0.339 e. The van der Waals surface area contributed by atoms with Crippen molar-refractivity contribution in [1.82, 2.24) is 0 Å². The van der Waals surface area contributed by atoms with E-state index in [4.69, 9.17) is 0 Å². The predicted molar refractivity (Wildman–Crippen MR) is 90.2 cm³/mol. The fourth-order valence-electron chi connectivity index (χ4n) is 2.19. The highest BCUT2D eigenvalue weighted by Gasteiger charge is 2.22. The molecule has 0 saturated heterocycles. The van der Waals surface area contributed by atoms with Crippen molar-refractivity contribution in [2.24, 2.45) is 0 Å². The van der Waals surface area contributed by atoms with E-state index in [9.17, 15) is 24.5 Å². The summed E-state index contributed by atoms with van der Waals surface area (Å²) in [6.07, 6.45) is 0. The van der Waals surface area contributed by atoms with Gasteiger partial charge in [0.15, 0.2) is 0 Å². The van der Waals surface area contributed by atoms with Gasteiger partial charge in [-0.1, -0.05) is 12.1 Å². The molecule has 0 atom stereocenters. The Balaban J connectivity index is 2.47. The third-order valence-electron chi connectivity index (χ3n) is 3.44. The summed E-state index contributed by atoms with van der Waals surface area (Å²) < 4.78 is 9.24. The van der Waals surface area contributed by atoms with Gasteiger partial charge in [0.05, 0.1) is 36.0 Å². The highest BCUT2D eigenvalue weighted by atomic mass is 16.6. The normalized spacial score (nSPS) is 9.92. The zero-order chi connectivity index (χ0) is 19.3. The third-order valence-corrected chi connectivity index (χ3v) is 3.44. The summed E-state index contributed by atoms with van der Waals surface area (Å²) in [6.45, 7) is 0. The zero-order valence-corrected chi connectivity index (χ0v) is 13.8. The first kappa shape index (κ1) is 18.6. The van der Waals surface area contributed by atoms with Crippen molar-refractivity contribution in [2.75, 3.05) is 19.5 Å². The Labute approximate surface area is 147 Å². The van der Waals surface area contributed by atoms with Gasteiger partial charge in [-0.3, -0.25) is 14.9 Å². The molecule has 26 heavy (non-hydrogen) atoms. The average Bonchev–Trinajstić information content (AvgIpc) is 2.66. The van der Waals surface area contributed by atoms with Crippen LogP contribution in [0.25, 0.3) is 0 Å². The molecule has 0 unspecified atom stereocenters. The Hall–Kier alpha value is -3.75. The molecule has 0 heterocycles. The second-order valence-electron chi connectivity index (χ2n) is 4.97. The molecule has 9 heteroatoms. The number of nitrogens with one attached hydrogen (secondary N) is 1. The fourth-order valence-corrected chi connectivity index (χ4v) is 2.19. The molecule has 0 saturated carbocycles. The van der Waals surface area contributed by atoms with Crippen LogP contribution in [0.3, 0.4) is 0 Å². The molecular formula is C17H14N2O7. The Morgan fingerprint density at radius 2 is 1.62 bits per heavy atom. The molecule has 0 radical (unpaired) electrons. The van der Waals surface area contributed by atoms with Crippen LogP contribution >= 0.6 is 0 Å². The van der Waals surface area contributed by atoms with Crippen LogP contribution in [0.1, 0.15) is 31.1 Å². The Bertz CT molecular complexity index is 892. The molecule has 2 aromatic rings.